The van der Waals surface area contributed by atoms with Crippen LogP contribution in [0.25, 0.3) is 0 Å². The number of carboxylic acid groups (broad SMARTS) is 1. The Balaban J connectivity index is 1.86. The number of carbonyl (C=O) groups is 2. The van der Waals surface area contributed by atoms with E-state index in [0.29, 0.717) is 25.9 Å². The van der Waals surface area contributed by atoms with E-state index in [-0.39, 0.29) is 6.03 Å². The number of nitrogens with one attached hydrogen (secondary N) is 1. The zero-order valence-corrected chi connectivity index (χ0v) is 12.1. The quantitative estimate of drug-likeness (QED) is 0.886. The second-order valence-electron chi connectivity index (χ2n) is 4.86. The first-order valence-electron chi connectivity index (χ1n) is 6.83. The first kappa shape index (κ1) is 14.8. The Kier molecular flexibility index (Phi) is 5.34. The van der Waals surface area contributed by atoms with Gasteiger partial charge in [0.15, 0.2) is 0 Å². The summed E-state index contributed by atoms with van der Waals surface area (Å²) < 4.78 is 0. The van der Waals surface area contributed by atoms with Crippen molar-refractivity contribution in [1.82, 2.24) is 15.2 Å². The molecule has 1 aliphatic heterocycles. The van der Waals surface area contributed by atoms with Gasteiger partial charge >= 0.3 is 12.0 Å². The smallest absolute Gasteiger partial charge is 0.326 e. The maximum Gasteiger partial charge on any atom is 0.326 e. The lowest BCUT2D eigenvalue weighted by molar-refractivity contribution is -0.142. The highest BCUT2D eigenvalue weighted by Crippen LogP contribution is 2.17. The normalized spacial score (nSPS) is 19.4. The fraction of sp³-hybridized carbons (Fsp3) is 0.615. The minimum Gasteiger partial charge on any atom is -0.480 e. The van der Waals surface area contributed by atoms with Crippen LogP contribution in [-0.4, -0.2) is 46.1 Å². The van der Waals surface area contributed by atoms with Crippen LogP contribution < -0.4 is 5.32 Å². The third kappa shape index (κ3) is 3.93. The number of hydrogen-bond acceptors (Lipinski definition) is 4. The van der Waals surface area contributed by atoms with Crippen LogP contribution in [0.5, 0.6) is 0 Å². The highest BCUT2D eigenvalue weighted by Gasteiger charge is 2.30. The summed E-state index contributed by atoms with van der Waals surface area (Å²) in [6, 6.07) is -0.980. The third-order valence-corrected chi connectivity index (χ3v) is 4.07. The number of aliphatic carboxylic acids is 1. The van der Waals surface area contributed by atoms with Crippen LogP contribution in [0.15, 0.2) is 10.9 Å². The monoisotopic (exact) mass is 297 g/mol. The van der Waals surface area contributed by atoms with Crippen LogP contribution in [0, 0.1) is 0 Å². The van der Waals surface area contributed by atoms with E-state index in [9.17, 15) is 14.7 Å². The molecular weight excluding hydrogens is 278 g/mol. The van der Waals surface area contributed by atoms with Crippen molar-refractivity contribution >= 4 is 23.3 Å². The van der Waals surface area contributed by atoms with Crippen molar-refractivity contribution in [2.24, 2.45) is 0 Å². The van der Waals surface area contributed by atoms with E-state index in [4.69, 9.17) is 0 Å². The topological polar surface area (TPSA) is 82.5 Å². The van der Waals surface area contributed by atoms with Gasteiger partial charge in [-0.15, -0.1) is 11.3 Å². The molecule has 2 N–H and O–H groups in total. The van der Waals surface area contributed by atoms with E-state index in [1.807, 2.05) is 5.38 Å². The molecule has 0 bridgehead atoms. The first-order chi connectivity index (χ1) is 9.68. The zero-order valence-electron chi connectivity index (χ0n) is 11.2. The Bertz CT molecular complexity index is 450. The Morgan fingerprint density at radius 1 is 1.45 bits per heavy atom. The van der Waals surface area contributed by atoms with Gasteiger partial charge in [-0.25, -0.2) is 14.6 Å². The lowest BCUT2D eigenvalue weighted by Gasteiger charge is -2.27. The molecule has 1 aromatic heterocycles. The summed E-state index contributed by atoms with van der Waals surface area (Å²) in [5.74, 6) is -0.915. The SMILES string of the molecule is O=C(O)C1CCCCCN1C(=O)NCCc1cscn1. The zero-order chi connectivity index (χ0) is 14.4. The molecule has 1 aliphatic rings. The van der Waals surface area contributed by atoms with Crippen molar-refractivity contribution in [3.05, 3.63) is 16.6 Å². The number of carbonyl (C=O) groups excluding carboxylic acids is 1. The average Bonchev–Trinajstić information content (AvgIpc) is 2.80. The molecule has 20 heavy (non-hydrogen) atoms. The van der Waals surface area contributed by atoms with Crippen LogP contribution >= 0.6 is 11.3 Å². The molecule has 1 fully saturated rings. The summed E-state index contributed by atoms with van der Waals surface area (Å²) in [6.45, 7) is 0.991. The number of rotatable bonds is 4. The van der Waals surface area contributed by atoms with Crippen LogP contribution in [0.3, 0.4) is 0 Å². The molecule has 7 heteroatoms. The summed E-state index contributed by atoms with van der Waals surface area (Å²) in [6.07, 6.45) is 3.91. The number of likely N-dealkylation sites (tertiary alicyclic amines) is 1. The Hall–Kier alpha value is -1.63. The minimum atomic E-state index is -0.915. The number of urea groups is 1. The summed E-state index contributed by atoms with van der Waals surface area (Å²) >= 11 is 1.52. The Labute approximate surface area is 121 Å². The fourth-order valence-electron chi connectivity index (χ4n) is 2.37. The lowest BCUT2D eigenvalue weighted by Crippen LogP contribution is -2.49. The number of amides is 2. The van der Waals surface area contributed by atoms with E-state index < -0.39 is 12.0 Å². The molecule has 1 atom stereocenters. The van der Waals surface area contributed by atoms with Crippen molar-refractivity contribution in [3.8, 4) is 0 Å². The average molecular weight is 297 g/mol. The van der Waals surface area contributed by atoms with Gasteiger partial charge in [-0.1, -0.05) is 12.8 Å². The minimum absolute atomic E-state index is 0.283. The van der Waals surface area contributed by atoms with Crippen molar-refractivity contribution < 1.29 is 14.7 Å². The molecule has 0 saturated carbocycles. The Morgan fingerprint density at radius 3 is 3.00 bits per heavy atom. The van der Waals surface area contributed by atoms with Gasteiger partial charge in [-0.3, -0.25) is 0 Å². The summed E-state index contributed by atoms with van der Waals surface area (Å²) in [5, 5.41) is 14.0. The van der Waals surface area contributed by atoms with Crippen molar-refractivity contribution in [1.29, 1.82) is 0 Å². The van der Waals surface area contributed by atoms with Gasteiger partial charge in [0.2, 0.25) is 0 Å². The van der Waals surface area contributed by atoms with Crippen molar-refractivity contribution in [2.75, 3.05) is 13.1 Å². The van der Waals surface area contributed by atoms with Gasteiger partial charge in [0.05, 0.1) is 11.2 Å². The molecule has 1 saturated heterocycles. The second-order valence-corrected chi connectivity index (χ2v) is 5.58. The third-order valence-electron chi connectivity index (χ3n) is 3.44. The molecule has 0 aliphatic carbocycles. The predicted octanol–water partition coefficient (Wildman–Crippen LogP) is 1.72. The highest BCUT2D eigenvalue weighted by atomic mass is 32.1. The van der Waals surface area contributed by atoms with E-state index in [2.05, 4.69) is 10.3 Å². The molecule has 0 radical (unpaired) electrons. The molecule has 110 valence electrons. The van der Waals surface area contributed by atoms with Gasteiger partial charge in [-0.05, 0) is 12.8 Å². The molecule has 0 aromatic carbocycles. The lowest BCUT2D eigenvalue weighted by atomic mass is 10.1. The summed E-state index contributed by atoms with van der Waals surface area (Å²) in [5.41, 5.74) is 2.70. The number of aromatic nitrogens is 1. The highest BCUT2D eigenvalue weighted by molar-refractivity contribution is 7.07. The van der Waals surface area contributed by atoms with Gasteiger partial charge in [0, 0.05) is 24.9 Å². The maximum absolute atomic E-state index is 12.1. The summed E-state index contributed by atoms with van der Waals surface area (Å²) in [4.78, 5) is 29.0. The number of thiazole rings is 1. The number of hydrogen-bond donors (Lipinski definition) is 2. The molecule has 2 heterocycles. The molecule has 0 spiro atoms. The molecular formula is C13H19N3O3S. The molecule has 2 amide bonds. The van der Waals surface area contributed by atoms with Gasteiger partial charge in [0.1, 0.15) is 6.04 Å². The van der Waals surface area contributed by atoms with Crippen molar-refractivity contribution in [3.63, 3.8) is 0 Å². The number of carboxylic acids is 1. The van der Waals surface area contributed by atoms with E-state index >= 15 is 0 Å². The maximum atomic E-state index is 12.1. The standard InChI is InChI=1S/C13H19N3O3S/c17-12(18)11-4-2-1-3-7-16(11)13(19)14-6-5-10-8-20-9-15-10/h8-9,11H,1-7H2,(H,14,19)(H,17,18). The van der Waals surface area contributed by atoms with Crippen LogP contribution in [0.2, 0.25) is 0 Å². The van der Waals surface area contributed by atoms with Crippen molar-refractivity contribution in [2.45, 2.75) is 38.1 Å². The van der Waals surface area contributed by atoms with Crippen LogP contribution in [0.4, 0.5) is 4.79 Å². The fourth-order valence-corrected chi connectivity index (χ4v) is 2.96. The first-order valence-corrected chi connectivity index (χ1v) is 7.77. The largest absolute Gasteiger partial charge is 0.480 e. The predicted molar refractivity (Wildman–Crippen MR) is 75.8 cm³/mol. The van der Waals surface area contributed by atoms with Gasteiger partial charge in [-0.2, -0.15) is 0 Å². The van der Waals surface area contributed by atoms with Crippen LogP contribution in [-0.2, 0) is 11.2 Å². The number of nitrogens with zero attached hydrogens (tertiary/aromatic N) is 2. The van der Waals surface area contributed by atoms with E-state index in [1.54, 1.807) is 5.51 Å². The molecule has 1 unspecified atom stereocenters. The van der Waals surface area contributed by atoms with E-state index in [1.165, 1.54) is 16.2 Å². The molecule has 1 aromatic rings. The van der Waals surface area contributed by atoms with Gasteiger partial charge in [0.25, 0.3) is 0 Å². The van der Waals surface area contributed by atoms with Gasteiger partial charge < -0.3 is 15.3 Å². The second kappa shape index (κ2) is 7.23. The van der Waals surface area contributed by atoms with E-state index in [0.717, 1.165) is 25.0 Å². The summed E-state index contributed by atoms with van der Waals surface area (Å²) in [7, 11) is 0. The van der Waals surface area contributed by atoms with Crippen LogP contribution in [0.1, 0.15) is 31.4 Å². The Morgan fingerprint density at radius 2 is 2.30 bits per heavy atom. The molecule has 6 nitrogen and oxygen atoms in total. The molecule has 2 rings (SSSR count).